The van der Waals surface area contributed by atoms with Gasteiger partial charge in [-0.25, -0.2) is 4.98 Å². The van der Waals surface area contributed by atoms with E-state index in [1.807, 2.05) is 51.1 Å². The predicted molar refractivity (Wildman–Crippen MR) is 94.1 cm³/mol. The van der Waals surface area contributed by atoms with Crippen molar-refractivity contribution in [2.45, 2.75) is 31.8 Å². The van der Waals surface area contributed by atoms with Crippen LogP contribution in [0.2, 0.25) is 0 Å². The Kier molecular flexibility index (Phi) is 4.08. The topological polar surface area (TPSA) is 57.7 Å². The second-order valence-electron chi connectivity index (χ2n) is 6.71. The molecule has 0 saturated carbocycles. The van der Waals surface area contributed by atoms with Crippen molar-refractivity contribution in [1.29, 1.82) is 0 Å². The Balaban J connectivity index is 2.24. The lowest BCUT2D eigenvalue weighted by molar-refractivity contribution is 0.282. The van der Waals surface area contributed by atoms with E-state index in [1.165, 1.54) is 0 Å². The van der Waals surface area contributed by atoms with Crippen LogP contribution in [0.15, 0.2) is 36.4 Å². The lowest BCUT2D eigenvalue weighted by Crippen LogP contribution is -2.25. The Labute approximate surface area is 142 Å². The average molecular weight is 347 g/mol. The summed E-state index contributed by atoms with van der Waals surface area (Å²) in [6.07, 6.45) is 0. The number of fused-ring (bicyclic) bond motifs is 1. The van der Waals surface area contributed by atoms with Crippen LogP contribution in [0.4, 0.5) is 0 Å². The van der Waals surface area contributed by atoms with E-state index in [1.54, 1.807) is 20.3 Å². The molecular weight excluding hydrogens is 325 g/mol. The molecule has 5 nitrogen and oxygen atoms in total. The molecule has 1 aliphatic heterocycles. The fourth-order valence-corrected chi connectivity index (χ4v) is 6.35. The summed E-state index contributed by atoms with van der Waals surface area (Å²) < 4.78 is 31.1. The standard InChI is InChI=1S/C18H22NO4P/c1-18(2,3)24(20)16-13(21-4)9-7-10-14(16)23-17(24)12-8-6-11-15(19-12)22-5/h6-11,17H,1-5H3/t17-,24+/m1/s1. The second kappa shape index (κ2) is 5.82. The number of hydrogen-bond donors (Lipinski definition) is 0. The van der Waals surface area contributed by atoms with Crippen LogP contribution in [0.25, 0.3) is 0 Å². The van der Waals surface area contributed by atoms with E-state index >= 15 is 0 Å². The molecule has 3 rings (SSSR count). The molecule has 0 saturated heterocycles. The first-order chi connectivity index (χ1) is 11.3. The zero-order valence-corrected chi connectivity index (χ0v) is 15.5. The Morgan fingerprint density at radius 3 is 2.42 bits per heavy atom. The minimum absolute atomic E-state index is 0.472. The summed E-state index contributed by atoms with van der Waals surface area (Å²) in [4.78, 5) is 4.46. The van der Waals surface area contributed by atoms with Crippen LogP contribution in [0, 0.1) is 0 Å². The smallest absolute Gasteiger partial charge is 0.213 e. The van der Waals surface area contributed by atoms with Gasteiger partial charge in [-0.3, -0.25) is 0 Å². The summed E-state index contributed by atoms with van der Waals surface area (Å²) in [5, 5.41) is 0.150. The van der Waals surface area contributed by atoms with Gasteiger partial charge >= 0.3 is 0 Å². The molecule has 2 aromatic rings. The number of aromatic nitrogens is 1. The third-order valence-electron chi connectivity index (χ3n) is 4.29. The zero-order valence-electron chi connectivity index (χ0n) is 14.6. The Morgan fingerprint density at radius 1 is 1.08 bits per heavy atom. The Bertz CT molecular complexity index is 813. The minimum Gasteiger partial charge on any atom is -0.496 e. The van der Waals surface area contributed by atoms with Crippen LogP contribution >= 0.6 is 7.14 Å². The zero-order chi connectivity index (χ0) is 17.5. The van der Waals surface area contributed by atoms with Crippen LogP contribution in [-0.4, -0.2) is 24.4 Å². The molecule has 2 atom stereocenters. The molecule has 0 bridgehead atoms. The first-order valence-corrected chi connectivity index (χ1v) is 9.55. The van der Waals surface area contributed by atoms with Crippen LogP contribution in [0.1, 0.15) is 32.3 Å². The van der Waals surface area contributed by atoms with E-state index < -0.39 is 18.1 Å². The average Bonchev–Trinajstić information content (AvgIpc) is 2.89. The van der Waals surface area contributed by atoms with E-state index in [9.17, 15) is 4.57 Å². The van der Waals surface area contributed by atoms with Gasteiger partial charge in [0.25, 0.3) is 0 Å². The van der Waals surface area contributed by atoms with Crippen molar-refractivity contribution in [3.8, 4) is 17.4 Å². The van der Waals surface area contributed by atoms with E-state index in [4.69, 9.17) is 14.2 Å². The minimum atomic E-state index is -3.03. The lowest BCUT2D eigenvalue weighted by atomic mass is 10.2. The number of ether oxygens (including phenoxy) is 3. The molecule has 1 aromatic carbocycles. The van der Waals surface area contributed by atoms with Gasteiger partial charge in [-0.15, -0.1) is 0 Å². The van der Waals surface area contributed by atoms with Gasteiger partial charge in [0.15, 0.2) is 13.0 Å². The summed E-state index contributed by atoms with van der Waals surface area (Å²) in [5.74, 6) is 1.01. The third kappa shape index (κ3) is 2.39. The molecule has 0 unspecified atom stereocenters. The fourth-order valence-electron chi connectivity index (χ4n) is 3.02. The van der Waals surface area contributed by atoms with Crippen molar-refractivity contribution in [2.75, 3.05) is 14.2 Å². The number of hydrogen-bond acceptors (Lipinski definition) is 5. The van der Waals surface area contributed by atoms with Gasteiger partial charge in [0, 0.05) is 11.2 Å². The van der Waals surface area contributed by atoms with E-state index in [2.05, 4.69) is 4.98 Å². The summed E-state index contributed by atoms with van der Waals surface area (Å²) in [7, 11) is 0.116. The van der Waals surface area contributed by atoms with E-state index in [0.29, 0.717) is 28.4 Å². The number of nitrogens with zero attached hydrogens (tertiary/aromatic N) is 1. The summed E-state index contributed by atoms with van der Waals surface area (Å²) in [6.45, 7) is 5.89. The maximum Gasteiger partial charge on any atom is 0.213 e. The lowest BCUT2D eigenvalue weighted by Gasteiger charge is -2.32. The predicted octanol–water partition coefficient (Wildman–Crippen LogP) is 3.98. The molecule has 0 spiro atoms. The number of rotatable bonds is 3. The Morgan fingerprint density at radius 2 is 1.79 bits per heavy atom. The van der Waals surface area contributed by atoms with E-state index in [0.717, 1.165) is 0 Å². The highest BCUT2D eigenvalue weighted by molar-refractivity contribution is 7.74. The highest BCUT2D eigenvalue weighted by atomic mass is 31.2. The van der Waals surface area contributed by atoms with Crippen LogP contribution in [0.5, 0.6) is 17.4 Å². The van der Waals surface area contributed by atoms with Crippen molar-refractivity contribution in [1.82, 2.24) is 4.98 Å². The normalized spacial score (nSPS) is 22.6. The van der Waals surface area contributed by atoms with Gasteiger partial charge in [0.1, 0.15) is 11.5 Å². The maximum absolute atomic E-state index is 14.3. The molecule has 0 radical (unpaired) electrons. The van der Waals surface area contributed by atoms with Gasteiger partial charge in [-0.05, 0) is 18.2 Å². The molecule has 6 heteroatoms. The second-order valence-corrected chi connectivity index (χ2v) is 10.3. The molecule has 0 amide bonds. The number of pyridine rings is 1. The summed E-state index contributed by atoms with van der Waals surface area (Å²) in [5.41, 5.74) is 0.603. The highest BCUT2D eigenvalue weighted by Gasteiger charge is 2.55. The Hall–Kier alpha value is -2.00. The van der Waals surface area contributed by atoms with Crippen molar-refractivity contribution in [2.24, 2.45) is 0 Å². The number of methoxy groups -OCH3 is 2. The van der Waals surface area contributed by atoms with Crippen molar-refractivity contribution in [3.63, 3.8) is 0 Å². The first kappa shape index (κ1) is 16.8. The van der Waals surface area contributed by atoms with Crippen molar-refractivity contribution >= 4 is 12.4 Å². The van der Waals surface area contributed by atoms with Gasteiger partial charge in [-0.2, -0.15) is 0 Å². The summed E-state index contributed by atoms with van der Waals surface area (Å²) >= 11 is 0. The van der Waals surface area contributed by atoms with Crippen molar-refractivity contribution in [3.05, 3.63) is 42.1 Å². The fraction of sp³-hybridized carbons (Fsp3) is 0.389. The third-order valence-corrected chi connectivity index (χ3v) is 8.42. The SMILES string of the molecule is COc1cccc([C@@H]2Oc3cccc(OC)c3[P@@]2(=O)C(C)(C)C)n1. The van der Waals surface area contributed by atoms with Gasteiger partial charge in [0.05, 0.1) is 25.2 Å². The largest absolute Gasteiger partial charge is 0.496 e. The molecule has 0 fully saturated rings. The molecule has 2 heterocycles. The maximum atomic E-state index is 14.3. The molecule has 24 heavy (non-hydrogen) atoms. The van der Waals surface area contributed by atoms with Gasteiger partial charge in [-0.1, -0.05) is 32.9 Å². The molecule has 1 aromatic heterocycles. The van der Waals surface area contributed by atoms with Gasteiger partial charge < -0.3 is 18.8 Å². The van der Waals surface area contributed by atoms with Gasteiger partial charge in [0.2, 0.25) is 5.88 Å². The molecule has 1 aliphatic rings. The van der Waals surface area contributed by atoms with Crippen LogP contribution < -0.4 is 19.5 Å². The molecule has 0 N–H and O–H groups in total. The van der Waals surface area contributed by atoms with Crippen LogP contribution in [0.3, 0.4) is 0 Å². The molecular formula is C18H22NO4P. The highest BCUT2D eigenvalue weighted by Crippen LogP contribution is 2.72. The monoisotopic (exact) mass is 347 g/mol. The molecule has 128 valence electrons. The van der Waals surface area contributed by atoms with Crippen molar-refractivity contribution < 1.29 is 18.8 Å². The van der Waals surface area contributed by atoms with Crippen LogP contribution in [-0.2, 0) is 4.57 Å². The molecule has 0 aliphatic carbocycles. The quantitative estimate of drug-likeness (QED) is 0.786. The van der Waals surface area contributed by atoms with E-state index in [-0.39, 0.29) is 0 Å². The number of benzene rings is 1. The summed E-state index contributed by atoms with van der Waals surface area (Å²) in [6, 6.07) is 10.9. The first-order valence-electron chi connectivity index (χ1n) is 7.78.